The van der Waals surface area contributed by atoms with Gasteiger partial charge in [0.25, 0.3) is 0 Å². The minimum absolute atomic E-state index is 0.0578. The summed E-state index contributed by atoms with van der Waals surface area (Å²) in [4.78, 5) is 19.5. The van der Waals surface area contributed by atoms with Gasteiger partial charge in [-0.3, -0.25) is 9.69 Å². The Labute approximate surface area is 174 Å². The molecule has 0 saturated carbocycles. The van der Waals surface area contributed by atoms with Crippen LogP contribution in [0.1, 0.15) is 17.8 Å². The summed E-state index contributed by atoms with van der Waals surface area (Å²) in [6.07, 6.45) is 3.61. The Morgan fingerprint density at radius 3 is 2.61 bits per heavy atom. The van der Waals surface area contributed by atoms with Gasteiger partial charge in [0, 0.05) is 28.2 Å². The van der Waals surface area contributed by atoms with Gasteiger partial charge >= 0.3 is 0 Å². The van der Waals surface area contributed by atoms with Crippen LogP contribution in [0.3, 0.4) is 0 Å². The van der Waals surface area contributed by atoms with Crippen LogP contribution in [0.15, 0.2) is 60.1 Å². The zero-order valence-corrected chi connectivity index (χ0v) is 17.0. The van der Waals surface area contributed by atoms with Crippen molar-refractivity contribution in [1.82, 2.24) is 9.88 Å². The van der Waals surface area contributed by atoms with Crippen molar-refractivity contribution in [3.8, 4) is 11.1 Å². The summed E-state index contributed by atoms with van der Waals surface area (Å²) in [5.74, 6) is 0.166. The third-order valence-electron chi connectivity index (χ3n) is 5.09. The van der Waals surface area contributed by atoms with Gasteiger partial charge in [-0.05, 0) is 61.3 Å². The monoisotopic (exact) mass is 411 g/mol. The predicted molar refractivity (Wildman–Crippen MR) is 116 cm³/mol. The maximum Gasteiger partial charge on any atom is 0.227 e. The van der Waals surface area contributed by atoms with E-state index in [-0.39, 0.29) is 11.8 Å². The Bertz CT molecular complexity index is 936. The number of amides is 1. The molecule has 1 amide bonds. The molecule has 0 unspecified atom stereocenters. The Kier molecular flexibility index (Phi) is 6.05. The van der Waals surface area contributed by atoms with Crippen molar-refractivity contribution in [2.75, 3.05) is 18.4 Å². The molecule has 0 radical (unpaired) electrons. The molecule has 1 aliphatic heterocycles. The zero-order valence-electron chi connectivity index (χ0n) is 15.5. The van der Waals surface area contributed by atoms with Gasteiger partial charge in [-0.15, -0.1) is 11.3 Å². The molecule has 0 spiro atoms. The van der Waals surface area contributed by atoms with Crippen LogP contribution in [0.4, 0.5) is 5.69 Å². The van der Waals surface area contributed by atoms with E-state index < -0.39 is 0 Å². The van der Waals surface area contributed by atoms with Crippen molar-refractivity contribution in [2.45, 2.75) is 19.4 Å². The summed E-state index contributed by atoms with van der Waals surface area (Å²) in [7, 11) is 0. The van der Waals surface area contributed by atoms with Gasteiger partial charge < -0.3 is 5.32 Å². The van der Waals surface area contributed by atoms with Gasteiger partial charge in [0.2, 0.25) is 5.91 Å². The predicted octanol–water partition coefficient (Wildman–Crippen LogP) is 5.31. The lowest BCUT2D eigenvalue weighted by Gasteiger charge is -2.30. The van der Waals surface area contributed by atoms with Gasteiger partial charge in [0.15, 0.2) is 0 Å². The van der Waals surface area contributed by atoms with E-state index in [4.69, 9.17) is 11.6 Å². The average Bonchev–Trinajstić information content (AvgIpc) is 3.22. The van der Waals surface area contributed by atoms with Gasteiger partial charge in [-0.25, -0.2) is 4.98 Å². The van der Waals surface area contributed by atoms with Crippen LogP contribution in [-0.4, -0.2) is 28.9 Å². The number of rotatable bonds is 5. The fraction of sp³-hybridized carbons (Fsp3) is 0.273. The van der Waals surface area contributed by atoms with E-state index in [0.29, 0.717) is 5.02 Å². The molecular weight excluding hydrogens is 390 g/mol. The average molecular weight is 412 g/mol. The normalized spacial score (nSPS) is 15.5. The van der Waals surface area contributed by atoms with E-state index in [1.54, 1.807) is 11.3 Å². The van der Waals surface area contributed by atoms with Crippen LogP contribution >= 0.6 is 22.9 Å². The van der Waals surface area contributed by atoms with Gasteiger partial charge in [0.05, 0.1) is 6.54 Å². The third kappa shape index (κ3) is 4.79. The van der Waals surface area contributed by atoms with Crippen LogP contribution in [0.2, 0.25) is 5.02 Å². The quantitative estimate of drug-likeness (QED) is 0.618. The molecule has 1 aromatic heterocycles. The second-order valence-electron chi connectivity index (χ2n) is 7.06. The van der Waals surface area contributed by atoms with Gasteiger partial charge in [0.1, 0.15) is 5.01 Å². The number of likely N-dealkylation sites (tertiary alicyclic amines) is 1. The lowest BCUT2D eigenvalue weighted by molar-refractivity contribution is -0.121. The molecule has 6 heteroatoms. The number of hydrogen-bond donors (Lipinski definition) is 1. The summed E-state index contributed by atoms with van der Waals surface area (Å²) in [5, 5.41) is 6.95. The molecule has 1 N–H and O–H groups in total. The molecule has 0 atom stereocenters. The van der Waals surface area contributed by atoms with Crippen LogP contribution in [-0.2, 0) is 11.3 Å². The lowest BCUT2D eigenvalue weighted by Crippen LogP contribution is -2.37. The van der Waals surface area contributed by atoms with Crippen molar-refractivity contribution in [2.24, 2.45) is 5.92 Å². The highest BCUT2D eigenvalue weighted by molar-refractivity contribution is 7.09. The molecular formula is C22H22ClN3OS. The van der Waals surface area contributed by atoms with Crippen molar-refractivity contribution in [3.63, 3.8) is 0 Å². The first-order valence-corrected chi connectivity index (χ1v) is 10.7. The Hall–Kier alpha value is -2.21. The largest absolute Gasteiger partial charge is 0.326 e. The number of thiazole rings is 1. The summed E-state index contributed by atoms with van der Waals surface area (Å²) < 4.78 is 0. The minimum atomic E-state index is 0.0578. The highest BCUT2D eigenvalue weighted by Crippen LogP contribution is 2.26. The van der Waals surface area contributed by atoms with E-state index >= 15 is 0 Å². The molecule has 4 rings (SSSR count). The standard InChI is InChI=1S/C22H22ClN3OS/c23-19-5-1-3-17(13-19)18-4-2-6-20(14-18)25-22(27)16-7-10-26(11-8-16)15-21-24-9-12-28-21/h1-6,9,12-14,16H,7-8,10-11,15H2,(H,25,27). The number of aromatic nitrogens is 1. The van der Waals surface area contributed by atoms with E-state index in [1.165, 1.54) is 0 Å². The summed E-state index contributed by atoms with van der Waals surface area (Å²) >= 11 is 7.79. The number of carbonyl (C=O) groups is 1. The van der Waals surface area contributed by atoms with Crippen molar-refractivity contribution in [3.05, 3.63) is 70.1 Å². The smallest absolute Gasteiger partial charge is 0.227 e. The summed E-state index contributed by atoms with van der Waals surface area (Å²) in [6.45, 7) is 2.74. The molecule has 144 valence electrons. The van der Waals surface area contributed by atoms with E-state index in [9.17, 15) is 4.79 Å². The Morgan fingerprint density at radius 1 is 1.14 bits per heavy atom. The van der Waals surface area contributed by atoms with Crippen LogP contribution < -0.4 is 5.32 Å². The first kappa shape index (κ1) is 19.1. The van der Waals surface area contributed by atoms with Gasteiger partial charge in [-0.2, -0.15) is 0 Å². The van der Waals surface area contributed by atoms with E-state index in [2.05, 4.69) is 15.2 Å². The highest BCUT2D eigenvalue weighted by Gasteiger charge is 2.25. The number of anilines is 1. The number of nitrogens with one attached hydrogen (secondary N) is 1. The molecule has 1 aliphatic rings. The van der Waals surface area contributed by atoms with Crippen LogP contribution in [0.5, 0.6) is 0 Å². The van der Waals surface area contributed by atoms with Crippen molar-refractivity contribution in [1.29, 1.82) is 0 Å². The first-order valence-electron chi connectivity index (χ1n) is 9.45. The SMILES string of the molecule is O=C(Nc1cccc(-c2cccc(Cl)c2)c1)C1CCN(Cc2nccs2)CC1. The molecule has 0 aliphatic carbocycles. The number of benzene rings is 2. The lowest BCUT2D eigenvalue weighted by atomic mass is 9.95. The Morgan fingerprint density at radius 2 is 1.89 bits per heavy atom. The zero-order chi connectivity index (χ0) is 19.3. The van der Waals surface area contributed by atoms with Gasteiger partial charge in [-0.1, -0.05) is 35.9 Å². The summed E-state index contributed by atoms with van der Waals surface area (Å²) in [5.41, 5.74) is 2.91. The molecule has 1 saturated heterocycles. The maximum absolute atomic E-state index is 12.7. The topological polar surface area (TPSA) is 45.2 Å². The number of hydrogen-bond acceptors (Lipinski definition) is 4. The number of nitrogens with zero attached hydrogens (tertiary/aromatic N) is 2. The van der Waals surface area contributed by atoms with Crippen LogP contribution in [0, 0.1) is 5.92 Å². The van der Waals surface area contributed by atoms with Crippen molar-refractivity contribution >= 4 is 34.5 Å². The molecule has 2 heterocycles. The number of halogens is 1. The van der Waals surface area contributed by atoms with E-state index in [0.717, 1.165) is 54.3 Å². The number of carbonyl (C=O) groups excluding carboxylic acids is 1. The number of piperidine rings is 1. The third-order valence-corrected chi connectivity index (χ3v) is 6.09. The van der Waals surface area contributed by atoms with Crippen LogP contribution in [0.25, 0.3) is 11.1 Å². The molecule has 28 heavy (non-hydrogen) atoms. The second kappa shape index (κ2) is 8.86. The molecule has 3 aromatic rings. The summed E-state index contributed by atoms with van der Waals surface area (Å²) in [6, 6.07) is 15.7. The molecule has 1 fully saturated rings. The Balaban J connectivity index is 1.35. The molecule has 0 bridgehead atoms. The molecule has 2 aromatic carbocycles. The molecule has 4 nitrogen and oxygen atoms in total. The minimum Gasteiger partial charge on any atom is -0.326 e. The van der Waals surface area contributed by atoms with Crippen molar-refractivity contribution < 1.29 is 4.79 Å². The van der Waals surface area contributed by atoms with E-state index in [1.807, 2.05) is 60.1 Å². The fourth-order valence-electron chi connectivity index (χ4n) is 3.56. The second-order valence-corrected chi connectivity index (χ2v) is 8.47. The first-order chi connectivity index (χ1) is 13.7. The fourth-order valence-corrected chi connectivity index (χ4v) is 4.41. The highest BCUT2D eigenvalue weighted by atomic mass is 35.5. The maximum atomic E-state index is 12.7.